The lowest BCUT2D eigenvalue weighted by Gasteiger charge is -2.13. The second-order valence-corrected chi connectivity index (χ2v) is 4.62. The third kappa shape index (κ3) is 2.20. The summed E-state index contributed by atoms with van der Waals surface area (Å²) in [5.41, 5.74) is -0.195. The van der Waals surface area contributed by atoms with Crippen molar-refractivity contribution in [3.63, 3.8) is 0 Å². The van der Waals surface area contributed by atoms with E-state index >= 15 is 0 Å². The van der Waals surface area contributed by atoms with Gasteiger partial charge in [-0.1, -0.05) is 6.07 Å². The van der Waals surface area contributed by atoms with Crippen molar-refractivity contribution in [2.24, 2.45) is 0 Å². The van der Waals surface area contributed by atoms with Gasteiger partial charge in [-0.2, -0.15) is 0 Å². The number of fused-ring (bicyclic) bond motifs is 1. The van der Waals surface area contributed by atoms with Crippen LogP contribution in [0.25, 0.3) is 0 Å². The van der Waals surface area contributed by atoms with Crippen molar-refractivity contribution in [1.82, 2.24) is 5.06 Å². The second kappa shape index (κ2) is 4.94. The summed E-state index contributed by atoms with van der Waals surface area (Å²) in [6, 6.07) is 2.57. The molecule has 0 unspecified atom stereocenters. The highest BCUT2D eigenvalue weighted by atomic mass is 19.1. The predicted molar refractivity (Wildman–Crippen MR) is 65.3 cm³/mol. The molecule has 0 aromatic heterocycles. The van der Waals surface area contributed by atoms with Crippen molar-refractivity contribution >= 4 is 30.4 Å². The van der Waals surface area contributed by atoms with E-state index in [4.69, 9.17) is 4.65 Å². The minimum Gasteiger partial charge on any atom is -0.423 e. The summed E-state index contributed by atoms with van der Waals surface area (Å²) in [5.74, 6) is -3.48. The zero-order valence-electron chi connectivity index (χ0n) is 10.7. The molecule has 0 radical (unpaired) electrons. The normalized spacial score (nSPS) is 17.4. The van der Waals surface area contributed by atoms with Crippen LogP contribution < -0.4 is 5.46 Å². The van der Waals surface area contributed by atoms with Gasteiger partial charge in [-0.25, -0.2) is 9.18 Å². The van der Waals surface area contributed by atoms with Crippen LogP contribution in [0.2, 0.25) is 0 Å². The van der Waals surface area contributed by atoms with Gasteiger partial charge >= 0.3 is 13.1 Å². The summed E-state index contributed by atoms with van der Waals surface area (Å²) >= 11 is 0. The first-order valence-electron chi connectivity index (χ1n) is 6.18. The molecule has 3 rings (SSSR count). The van der Waals surface area contributed by atoms with E-state index in [1.54, 1.807) is 0 Å². The van der Waals surface area contributed by atoms with Gasteiger partial charge < -0.3 is 14.5 Å². The van der Waals surface area contributed by atoms with Crippen molar-refractivity contribution in [2.45, 2.75) is 19.4 Å². The summed E-state index contributed by atoms with van der Waals surface area (Å²) in [6.45, 7) is 0.0336. The highest BCUT2D eigenvalue weighted by molar-refractivity contribution is 6.61. The Balaban J connectivity index is 1.88. The van der Waals surface area contributed by atoms with Gasteiger partial charge in [0.2, 0.25) is 0 Å². The number of carbonyl (C=O) groups excluding carboxylic acids is 3. The van der Waals surface area contributed by atoms with Crippen LogP contribution in [0.15, 0.2) is 12.1 Å². The Morgan fingerprint density at radius 1 is 1.33 bits per heavy atom. The molecule has 21 heavy (non-hydrogen) atoms. The molecule has 1 aromatic rings. The molecule has 7 nitrogen and oxygen atoms in total. The molecule has 1 fully saturated rings. The van der Waals surface area contributed by atoms with Crippen LogP contribution in [0, 0.1) is 5.82 Å². The average Bonchev–Trinajstić information content (AvgIpc) is 2.97. The molecule has 0 atom stereocenters. The number of benzene rings is 1. The molecule has 2 heterocycles. The average molecular weight is 293 g/mol. The van der Waals surface area contributed by atoms with Crippen molar-refractivity contribution in [3.05, 3.63) is 29.1 Å². The van der Waals surface area contributed by atoms with Gasteiger partial charge in [0.1, 0.15) is 5.82 Å². The van der Waals surface area contributed by atoms with Gasteiger partial charge in [0.15, 0.2) is 0 Å². The number of hydrogen-bond donors (Lipinski definition) is 1. The summed E-state index contributed by atoms with van der Waals surface area (Å²) in [5, 5.41) is 9.84. The summed E-state index contributed by atoms with van der Waals surface area (Å²) in [4.78, 5) is 39.2. The van der Waals surface area contributed by atoms with E-state index in [1.807, 2.05) is 0 Å². The van der Waals surface area contributed by atoms with Crippen molar-refractivity contribution in [3.8, 4) is 0 Å². The minimum absolute atomic E-state index is 0.0336. The Morgan fingerprint density at radius 2 is 2.00 bits per heavy atom. The highest BCUT2D eigenvalue weighted by Crippen LogP contribution is 2.18. The Kier molecular flexibility index (Phi) is 3.22. The molecule has 2 aliphatic heterocycles. The fraction of sp³-hybridized carbons (Fsp3) is 0.250. The number of hydrogen-bond acceptors (Lipinski definition) is 6. The van der Waals surface area contributed by atoms with E-state index in [2.05, 4.69) is 4.84 Å². The lowest BCUT2D eigenvalue weighted by Crippen LogP contribution is -2.35. The largest absolute Gasteiger partial charge is 0.494 e. The molecule has 0 spiro atoms. The lowest BCUT2D eigenvalue weighted by molar-refractivity contribution is -0.172. The molecule has 9 heteroatoms. The first-order chi connectivity index (χ1) is 9.99. The summed E-state index contributed by atoms with van der Waals surface area (Å²) < 4.78 is 19.1. The topological polar surface area (TPSA) is 93.1 Å². The molecule has 1 aromatic carbocycles. The monoisotopic (exact) mass is 293 g/mol. The lowest BCUT2D eigenvalue weighted by atomic mass is 9.78. The SMILES string of the molecule is O=C(ON1C(=O)CCC1=O)c1ccc2c(c1F)B(O)OC2. The number of hydroxylamine groups is 2. The molecule has 1 saturated heterocycles. The van der Waals surface area contributed by atoms with Crippen LogP contribution in [0.1, 0.15) is 28.8 Å². The number of rotatable bonds is 2. The first kappa shape index (κ1) is 13.7. The Hall–Kier alpha value is -2.26. The van der Waals surface area contributed by atoms with E-state index < -0.39 is 36.3 Å². The minimum atomic E-state index is -1.46. The summed E-state index contributed by atoms with van der Waals surface area (Å²) in [6.07, 6.45) is -0.101. The van der Waals surface area contributed by atoms with E-state index in [9.17, 15) is 23.8 Å². The molecule has 0 bridgehead atoms. The highest BCUT2D eigenvalue weighted by Gasteiger charge is 2.36. The first-order valence-corrected chi connectivity index (χ1v) is 6.18. The maximum atomic E-state index is 14.2. The number of carbonyl (C=O) groups is 3. The fourth-order valence-electron chi connectivity index (χ4n) is 2.23. The smallest absolute Gasteiger partial charge is 0.423 e. The van der Waals surface area contributed by atoms with Crippen LogP contribution in [0.3, 0.4) is 0 Å². The van der Waals surface area contributed by atoms with Crippen LogP contribution >= 0.6 is 0 Å². The van der Waals surface area contributed by atoms with Crippen LogP contribution in [-0.2, 0) is 25.7 Å². The van der Waals surface area contributed by atoms with Gasteiger partial charge in [-0.05, 0) is 11.6 Å². The van der Waals surface area contributed by atoms with E-state index in [0.29, 0.717) is 10.6 Å². The van der Waals surface area contributed by atoms with Gasteiger partial charge in [0.25, 0.3) is 11.8 Å². The van der Waals surface area contributed by atoms with Gasteiger partial charge in [0, 0.05) is 18.3 Å². The number of imide groups is 1. The maximum absolute atomic E-state index is 14.2. The van der Waals surface area contributed by atoms with Gasteiger partial charge in [0.05, 0.1) is 12.2 Å². The molecule has 2 amide bonds. The van der Waals surface area contributed by atoms with Crippen molar-refractivity contribution in [2.75, 3.05) is 0 Å². The third-order valence-electron chi connectivity index (χ3n) is 3.31. The van der Waals surface area contributed by atoms with E-state index in [1.165, 1.54) is 6.07 Å². The number of halogens is 1. The molecule has 2 aliphatic rings. The zero-order valence-corrected chi connectivity index (χ0v) is 10.7. The molecule has 1 N–H and O–H groups in total. The molecule has 0 saturated carbocycles. The zero-order chi connectivity index (χ0) is 15.1. The summed E-state index contributed by atoms with van der Waals surface area (Å²) in [7, 11) is -1.46. The maximum Gasteiger partial charge on any atom is 0.494 e. The van der Waals surface area contributed by atoms with E-state index in [0.717, 1.165) is 6.07 Å². The predicted octanol–water partition coefficient (Wildman–Crippen LogP) is -0.736. The van der Waals surface area contributed by atoms with Crippen molar-refractivity contribution in [1.29, 1.82) is 0 Å². The Bertz CT molecular complexity index is 647. The van der Waals surface area contributed by atoms with Crippen LogP contribution in [0.4, 0.5) is 4.39 Å². The molecule has 108 valence electrons. The molecule has 0 aliphatic carbocycles. The van der Waals surface area contributed by atoms with E-state index in [-0.39, 0.29) is 24.9 Å². The Labute approximate surface area is 118 Å². The molecular weight excluding hydrogens is 284 g/mol. The molecular formula is C12H9BFNO6. The van der Waals surface area contributed by atoms with Crippen LogP contribution in [-0.4, -0.2) is 35.0 Å². The fourth-order valence-corrected chi connectivity index (χ4v) is 2.23. The third-order valence-corrected chi connectivity index (χ3v) is 3.31. The quantitative estimate of drug-likeness (QED) is 0.570. The van der Waals surface area contributed by atoms with Crippen molar-refractivity contribution < 1.29 is 33.3 Å². The second-order valence-electron chi connectivity index (χ2n) is 4.62. The number of nitrogens with zero attached hydrogens (tertiary/aromatic N) is 1. The van der Waals surface area contributed by atoms with Gasteiger partial charge in [-0.3, -0.25) is 9.59 Å². The van der Waals surface area contributed by atoms with Crippen LogP contribution in [0.5, 0.6) is 0 Å². The number of amides is 2. The van der Waals surface area contributed by atoms with Gasteiger partial charge in [-0.15, -0.1) is 5.06 Å². The Morgan fingerprint density at radius 3 is 2.67 bits per heavy atom. The standard InChI is InChI=1S/C12H9BFNO6/c14-11-7(2-1-6-5-20-13(19)10(6)11)12(18)21-15-8(16)3-4-9(15)17/h1-2,19H,3-5H2.